The number of anilines is 1. The molecule has 0 bridgehead atoms. The lowest BCUT2D eigenvalue weighted by Crippen LogP contribution is -2.28. The average molecular weight is 247 g/mol. The first-order valence-electron chi connectivity index (χ1n) is 5.03. The lowest BCUT2D eigenvalue weighted by Gasteiger charge is -2.14. The SMILES string of the molecule is CCOC(=O)C(C)Nc1cc(F)cc(F)c1F. The second kappa shape index (κ2) is 5.56. The van der Waals surface area contributed by atoms with Crippen molar-refractivity contribution in [3.63, 3.8) is 0 Å². The highest BCUT2D eigenvalue weighted by atomic mass is 19.2. The van der Waals surface area contributed by atoms with E-state index in [0.29, 0.717) is 6.07 Å². The van der Waals surface area contributed by atoms with Gasteiger partial charge in [0, 0.05) is 12.1 Å². The number of esters is 1. The Kier molecular flexibility index (Phi) is 4.37. The summed E-state index contributed by atoms with van der Waals surface area (Å²) in [7, 11) is 0. The third kappa shape index (κ3) is 3.37. The quantitative estimate of drug-likeness (QED) is 0.656. The van der Waals surface area contributed by atoms with E-state index >= 15 is 0 Å². The molecule has 6 heteroatoms. The van der Waals surface area contributed by atoms with Crippen LogP contribution < -0.4 is 5.32 Å². The fourth-order valence-corrected chi connectivity index (χ4v) is 1.22. The molecule has 0 radical (unpaired) electrons. The van der Waals surface area contributed by atoms with E-state index in [4.69, 9.17) is 0 Å². The molecule has 1 N–H and O–H groups in total. The van der Waals surface area contributed by atoms with Gasteiger partial charge in [0.15, 0.2) is 11.6 Å². The Morgan fingerprint density at radius 2 is 2.06 bits per heavy atom. The van der Waals surface area contributed by atoms with Gasteiger partial charge in [-0.15, -0.1) is 0 Å². The van der Waals surface area contributed by atoms with Crippen LogP contribution in [0.1, 0.15) is 13.8 Å². The van der Waals surface area contributed by atoms with Gasteiger partial charge in [0.25, 0.3) is 0 Å². The molecule has 1 rings (SSSR count). The van der Waals surface area contributed by atoms with Crippen molar-refractivity contribution in [2.24, 2.45) is 0 Å². The first-order valence-corrected chi connectivity index (χ1v) is 5.03. The first-order chi connectivity index (χ1) is 7.95. The van der Waals surface area contributed by atoms with Crippen LogP contribution in [-0.2, 0) is 9.53 Å². The molecule has 0 fully saturated rings. The zero-order valence-electron chi connectivity index (χ0n) is 9.39. The zero-order valence-corrected chi connectivity index (χ0v) is 9.39. The van der Waals surface area contributed by atoms with Crippen LogP contribution in [0.5, 0.6) is 0 Å². The van der Waals surface area contributed by atoms with Crippen LogP contribution >= 0.6 is 0 Å². The topological polar surface area (TPSA) is 38.3 Å². The molecule has 0 spiro atoms. The number of carbonyl (C=O) groups is 1. The minimum Gasteiger partial charge on any atom is -0.464 e. The van der Waals surface area contributed by atoms with Crippen LogP contribution in [0, 0.1) is 17.5 Å². The Bertz CT molecular complexity index is 423. The molecular formula is C11H12F3NO2. The Morgan fingerprint density at radius 1 is 1.41 bits per heavy atom. The number of ether oxygens (including phenoxy) is 1. The van der Waals surface area contributed by atoms with Crippen LogP contribution in [0.2, 0.25) is 0 Å². The third-order valence-corrected chi connectivity index (χ3v) is 2.01. The van der Waals surface area contributed by atoms with E-state index in [9.17, 15) is 18.0 Å². The van der Waals surface area contributed by atoms with Gasteiger partial charge in [-0.2, -0.15) is 0 Å². The standard InChI is InChI=1S/C11H12F3NO2/c1-3-17-11(16)6(2)15-9-5-7(12)4-8(13)10(9)14/h4-6,15H,3H2,1-2H3. The van der Waals surface area contributed by atoms with Gasteiger partial charge in [0.1, 0.15) is 11.9 Å². The first kappa shape index (κ1) is 13.3. The Labute approximate surface area is 96.6 Å². The summed E-state index contributed by atoms with van der Waals surface area (Å²) in [6.07, 6.45) is 0. The van der Waals surface area contributed by atoms with Gasteiger partial charge in [-0.3, -0.25) is 0 Å². The largest absolute Gasteiger partial charge is 0.464 e. The van der Waals surface area contributed by atoms with Crippen LogP contribution in [0.3, 0.4) is 0 Å². The molecule has 0 saturated heterocycles. The van der Waals surface area contributed by atoms with Crippen LogP contribution in [0.25, 0.3) is 0 Å². The second-order valence-corrected chi connectivity index (χ2v) is 3.37. The fourth-order valence-electron chi connectivity index (χ4n) is 1.22. The van der Waals surface area contributed by atoms with Crippen molar-refractivity contribution in [3.8, 4) is 0 Å². The smallest absolute Gasteiger partial charge is 0.328 e. The molecule has 17 heavy (non-hydrogen) atoms. The Morgan fingerprint density at radius 3 is 2.65 bits per heavy atom. The zero-order chi connectivity index (χ0) is 13.0. The molecule has 1 aromatic carbocycles. The lowest BCUT2D eigenvalue weighted by molar-refractivity contribution is -0.143. The second-order valence-electron chi connectivity index (χ2n) is 3.37. The number of nitrogens with one attached hydrogen (secondary N) is 1. The maximum Gasteiger partial charge on any atom is 0.328 e. The van der Waals surface area contributed by atoms with Crippen molar-refractivity contribution in [1.29, 1.82) is 0 Å². The van der Waals surface area contributed by atoms with Crippen molar-refractivity contribution in [3.05, 3.63) is 29.6 Å². The minimum absolute atomic E-state index is 0.171. The highest BCUT2D eigenvalue weighted by molar-refractivity contribution is 5.78. The van der Waals surface area contributed by atoms with E-state index in [1.807, 2.05) is 0 Å². The van der Waals surface area contributed by atoms with Crippen molar-refractivity contribution >= 4 is 11.7 Å². The Balaban J connectivity index is 2.84. The molecular weight excluding hydrogens is 235 g/mol. The van der Waals surface area contributed by atoms with E-state index in [2.05, 4.69) is 10.1 Å². The van der Waals surface area contributed by atoms with E-state index in [1.165, 1.54) is 6.92 Å². The Hall–Kier alpha value is -1.72. The third-order valence-electron chi connectivity index (χ3n) is 2.01. The maximum absolute atomic E-state index is 13.2. The summed E-state index contributed by atoms with van der Waals surface area (Å²) in [6, 6.07) is 0.301. The molecule has 3 nitrogen and oxygen atoms in total. The van der Waals surface area contributed by atoms with Gasteiger partial charge < -0.3 is 10.1 Å². The average Bonchev–Trinajstić information content (AvgIpc) is 2.25. The van der Waals surface area contributed by atoms with Crippen molar-refractivity contribution in [2.75, 3.05) is 11.9 Å². The van der Waals surface area contributed by atoms with Gasteiger partial charge in [0.05, 0.1) is 12.3 Å². The highest BCUT2D eigenvalue weighted by Crippen LogP contribution is 2.20. The van der Waals surface area contributed by atoms with Crippen molar-refractivity contribution in [1.82, 2.24) is 0 Å². The van der Waals surface area contributed by atoms with Gasteiger partial charge in [-0.25, -0.2) is 18.0 Å². The predicted molar refractivity (Wildman–Crippen MR) is 56.0 cm³/mol. The normalized spacial score (nSPS) is 12.1. The van der Waals surface area contributed by atoms with E-state index in [0.717, 1.165) is 6.07 Å². The molecule has 0 saturated carbocycles. The monoisotopic (exact) mass is 247 g/mol. The molecule has 1 unspecified atom stereocenters. The summed E-state index contributed by atoms with van der Waals surface area (Å²) in [5, 5.41) is 2.35. The minimum atomic E-state index is -1.32. The van der Waals surface area contributed by atoms with Crippen LogP contribution in [-0.4, -0.2) is 18.6 Å². The van der Waals surface area contributed by atoms with E-state index in [1.54, 1.807) is 6.92 Å². The number of hydrogen-bond donors (Lipinski definition) is 1. The molecule has 0 heterocycles. The van der Waals surface area contributed by atoms with Gasteiger partial charge in [-0.1, -0.05) is 0 Å². The molecule has 0 amide bonds. The van der Waals surface area contributed by atoms with Gasteiger partial charge in [-0.05, 0) is 13.8 Å². The van der Waals surface area contributed by atoms with Crippen molar-refractivity contribution in [2.45, 2.75) is 19.9 Å². The molecule has 1 aromatic rings. The van der Waals surface area contributed by atoms with Gasteiger partial charge >= 0.3 is 5.97 Å². The van der Waals surface area contributed by atoms with E-state index in [-0.39, 0.29) is 6.61 Å². The number of hydrogen-bond acceptors (Lipinski definition) is 3. The summed E-state index contributed by atoms with van der Waals surface area (Å²) < 4.78 is 43.6. The van der Waals surface area contributed by atoms with Gasteiger partial charge in [0.2, 0.25) is 0 Å². The summed E-state index contributed by atoms with van der Waals surface area (Å²) in [6.45, 7) is 3.19. The molecule has 0 aliphatic heterocycles. The summed E-state index contributed by atoms with van der Waals surface area (Å²) in [5.41, 5.74) is -0.414. The molecule has 1 atom stereocenters. The van der Waals surface area contributed by atoms with E-state index < -0.39 is 35.2 Å². The van der Waals surface area contributed by atoms with Crippen molar-refractivity contribution < 1.29 is 22.7 Å². The molecule has 0 aromatic heterocycles. The summed E-state index contributed by atoms with van der Waals surface area (Å²) >= 11 is 0. The van der Waals surface area contributed by atoms with Crippen LogP contribution in [0.15, 0.2) is 12.1 Å². The number of benzene rings is 1. The number of carbonyl (C=O) groups excluding carboxylic acids is 1. The number of rotatable bonds is 4. The maximum atomic E-state index is 13.2. The molecule has 0 aliphatic carbocycles. The number of halogens is 3. The summed E-state index contributed by atoms with van der Waals surface area (Å²) in [4.78, 5) is 11.2. The van der Waals surface area contributed by atoms with Crippen LogP contribution in [0.4, 0.5) is 18.9 Å². The molecule has 0 aliphatic rings. The predicted octanol–water partition coefficient (Wildman–Crippen LogP) is 2.47. The highest BCUT2D eigenvalue weighted by Gasteiger charge is 2.18. The molecule has 94 valence electrons. The fraction of sp³-hybridized carbons (Fsp3) is 0.364. The lowest BCUT2D eigenvalue weighted by atomic mass is 10.2. The summed E-state index contributed by atoms with van der Waals surface area (Å²) in [5.74, 6) is -4.11.